The van der Waals surface area contributed by atoms with E-state index in [1.54, 1.807) is 29.2 Å². The van der Waals surface area contributed by atoms with E-state index in [1.165, 1.54) is 6.07 Å². The molecule has 0 spiro atoms. The van der Waals surface area contributed by atoms with Crippen molar-refractivity contribution in [3.05, 3.63) is 59.7 Å². The average molecular weight is 521 g/mol. The van der Waals surface area contributed by atoms with Gasteiger partial charge in [-0.15, -0.1) is 0 Å². The van der Waals surface area contributed by atoms with Crippen LogP contribution >= 0.6 is 0 Å². The van der Waals surface area contributed by atoms with Crippen molar-refractivity contribution in [2.75, 3.05) is 38.0 Å². The molecule has 11 heteroatoms. The van der Waals surface area contributed by atoms with E-state index in [0.717, 1.165) is 25.8 Å². The molecule has 0 unspecified atom stereocenters. The van der Waals surface area contributed by atoms with Gasteiger partial charge in [-0.25, -0.2) is 28.7 Å². The number of carbonyl (C=O) groups is 1. The zero-order valence-corrected chi connectivity index (χ0v) is 21.9. The predicted molar refractivity (Wildman–Crippen MR) is 141 cm³/mol. The third kappa shape index (κ3) is 4.93. The lowest BCUT2D eigenvalue weighted by Crippen LogP contribution is -2.48. The van der Waals surface area contributed by atoms with Gasteiger partial charge in [0.25, 0.3) is 5.91 Å². The van der Waals surface area contributed by atoms with Gasteiger partial charge in [0.15, 0.2) is 11.6 Å². The number of aromatic nitrogens is 5. The number of imidazole rings is 1. The highest BCUT2D eigenvalue weighted by molar-refractivity contribution is 5.92. The number of nitrogens with one attached hydrogen (secondary N) is 1. The zero-order chi connectivity index (χ0) is 27.0. The van der Waals surface area contributed by atoms with Gasteiger partial charge in [0.1, 0.15) is 28.5 Å². The minimum Gasteiger partial charge on any atom is -0.335 e. The Hall–Kier alpha value is -3.99. The third-order valence-corrected chi connectivity index (χ3v) is 6.77. The van der Waals surface area contributed by atoms with Gasteiger partial charge in [0.05, 0.1) is 11.7 Å². The SMILES string of the molecule is CCN1CCN(C(=O)c2cccc(Nc3ncc(F)c(-c4cc(F)c5nc(C)n(C(C)C)c5c4)n3)n2)CC1. The summed E-state index contributed by atoms with van der Waals surface area (Å²) in [7, 11) is 0. The molecule has 0 atom stereocenters. The summed E-state index contributed by atoms with van der Waals surface area (Å²) >= 11 is 0. The van der Waals surface area contributed by atoms with Gasteiger partial charge in [-0.1, -0.05) is 13.0 Å². The smallest absolute Gasteiger partial charge is 0.272 e. The molecule has 5 rings (SSSR count). The fraction of sp³-hybridized carbons (Fsp3) is 0.370. The molecule has 0 radical (unpaired) electrons. The zero-order valence-electron chi connectivity index (χ0n) is 21.9. The molecule has 4 heterocycles. The number of likely N-dealkylation sites (N-methyl/N-ethyl adjacent to an activating group) is 1. The maximum atomic E-state index is 15.0. The normalized spacial score (nSPS) is 14.4. The van der Waals surface area contributed by atoms with Crippen molar-refractivity contribution in [3.8, 4) is 11.3 Å². The first-order chi connectivity index (χ1) is 18.2. The summed E-state index contributed by atoms with van der Waals surface area (Å²) in [6.07, 6.45) is 1.03. The maximum absolute atomic E-state index is 15.0. The Kier molecular flexibility index (Phi) is 7.02. The molecule has 0 bridgehead atoms. The highest BCUT2D eigenvalue weighted by Crippen LogP contribution is 2.30. The molecule has 0 saturated carbocycles. The monoisotopic (exact) mass is 520 g/mol. The van der Waals surface area contributed by atoms with E-state index in [9.17, 15) is 13.6 Å². The van der Waals surface area contributed by atoms with E-state index in [0.29, 0.717) is 35.9 Å². The Balaban J connectivity index is 1.42. The molecule has 1 aliphatic heterocycles. The predicted octanol–water partition coefficient (Wildman–Crippen LogP) is 4.58. The first-order valence-corrected chi connectivity index (χ1v) is 12.7. The fourth-order valence-corrected chi connectivity index (χ4v) is 4.85. The number of hydrogen-bond donors (Lipinski definition) is 1. The number of piperazine rings is 1. The summed E-state index contributed by atoms with van der Waals surface area (Å²) < 4.78 is 31.7. The minimum atomic E-state index is -0.690. The van der Waals surface area contributed by atoms with Gasteiger partial charge in [0, 0.05) is 37.8 Å². The van der Waals surface area contributed by atoms with Crippen LogP contribution in [0.2, 0.25) is 0 Å². The van der Waals surface area contributed by atoms with Crippen molar-refractivity contribution in [2.24, 2.45) is 0 Å². The van der Waals surface area contributed by atoms with E-state index in [4.69, 9.17) is 0 Å². The molecule has 0 aliphatic carbocycles. The van der Waals surface area contributed by atoms with Crippen LogP contribution in [0.1, 0.15) is 43.1 Å². The minimum absolute atomic E-state index is 0.0405. The highest BCUT2D eigenvalue weighted by Gasteiger charge is 2.23. The molecular formula is C27H30F2N8O. The second-order valence-corrected chi connectivity index (χ2v) is 9.60. The number of halogens is 2. The van der Waals surface area contributed by atoms with Crippen LogP contribution in [0.25, 0.3) is 22.3 Å². The largest absolute Gasteiger partial charge is 0.335 e. The van der Waals surface area contributed by atoms with Gasteiger partial charge >= 0.3 is 0 Å². The van der Waals surface area contributed by atoms with Crippen molar-refractivity contribution in [3.63, 3.8) is 0 Å². The Labute approximate surface area is 219 Å². The summed E-state index contributed by atoms with van der Waals surface area (Å²) in [6.45, 7) is 11.8. The quantitative estimate of drug-likeness (QED) is 0.398. The second-order valence-electron chi connectivity index (χ2n) is 9.60. The van der Waals surface area contributed by atoms with Gasteiger partial charge in [0.2, 0.25) is 5.95 Å². The molecule has 1 aromatic carbocycles. The molecule has 4 aromatic rings. The van der Waals surface area contributed by atoms with Crippen LogP contribution in [0, 0.1) is 18.6 Å². The van der Waals surface area contributed by atoms with Crippen LogP contribution in [-0.4, -0.2) is 72.9 Å². The lowest BCUT2D eigenvalue weighted by atomic mass is 10.1. The Morgan fingerprint density at radius 2 is 1.82 bits per heavy atom. The number of nitrogens with zero attached hydrogens (tertiary/aromatic N) is 7. The van der Waals surface area contributed by atoms with Crippen molar-refractivity contribution in [1.29, 1.82) is 0 Å². The number of fused-ring (bicyclic) bond motifs is 1. The Morgan fingerprint density at radius 1 is 1.05 bits per heavy atom. The molecule has 1 aliphatic rings. The molecule has 1 saturated heterocycles. The van der Waals surface area contributed by atoms with E-state index >= 15 is 0 Å². The van der Waals surface area contributed by atoms with E-state index in [2.05, 4.69) is 37.1 Å². The molecule has 198 valence electrons. The highest BCUT2D eigenvalue weighted by atomic mass is 19.1. The van der Waals surface area contributed by atoms with Crippen LogP contribution in [-0.2, 0) is 0 Å². The topological polar surface area (TPSA) is 92.1 Å². The number of rotatable bonds is 6. The van der Waals surface area contributed by atoms with E-state index in [1.807, 2.05) is 25.3 Å². The van der Waals surface area contributed by atoms with Gasteiger partial charge in [-0.2, -0.15) is 0 Å². The Morgan fingerprint density at radius 3 is 2.53 bits per heavy atom. The van der Waals surface area contributed by atoms with Crippen LogP contribution in [0.15, 0.2) is 36.5 Å². The Bertz CT molecular complexity index is 1490. The number of hydrogen-bond acceptors (Lipinski definition) is 7. The summed E-state index contributed by atoms with van der Waals surface area (Å²) in [4.78, 5) is 34.2. The van der Waals surface area contributed by atoms with E-state index < -0.39 is 11.6 Å². The lowest BCUT2D eigenvalue weighted by Gasteiger charge is -2.33. The number of benzene rings is 1. The molecule has 38 heavy (non-hydrogen) atoms. The number of aryl methyl sites for hydroxylation is 1. The molecular weight excluding hydrogens is 490 g/mol. The third-order valence-electron chi connectivity index (χ3n) is 6.77. The van der Waals surface area contributed by atoms with Crippen LogP contribution in [0.3, 0.4) is 0 Å². The van der Waals surface area contributed by atoms with Crippen molar-refractivity contribution in [2.45, 2.75) is 33.7 Å². The molecule has 1 fully saturated rings. The van der Waals surface area contributed by atoms with Crippen LogP contribution < -0.4 is 5.32 Å². The molecule has 1 N–H and O–H groups in total. The number of carbonyl (C=O) groups excluding carboxylic acids is 1. The summed E-state index contributed by atoms with van der Waals surface area (Å²) in [6, 6.07) is 8.00. The van der Waals surface area contributed by atoms with Gasteiger partial charge in [-0.3, -0.25) is 4.79 Å². The van der Waals surface area contributed by atoms with Crippen LogP contribution in [0.4, 0.5) is 20.5 Å². The standard InChI is InChI=1S/C27H30F2N8O/c1-5-35-9-11-36(12-10-35)26(38)21-7-6-8-23(32-21)33-27-30-15-20(29)24(34-27)18-13-19(28)25-22(14-18)37(16(2)3)17(4)31-25/h6-8,13-16H,5,9-12H2,1-4H3,(H,30,32,33,34). The fourth-order valence-electron chi connectivity index (χ4n) is 4.85. The number of pyridine rings is 1. The van der Waals surface area contributed by atoms with Gasteiger partial charge in [-0.05, 0) is 51.6 Å². The lowest BCUT2D eigenvalue weighted by molar-refractivity contribution is 0.0637. The van der Waals surface area contributed by atoms with Gasteiger partial charge < -0.3 is 19.7 Å². The average Bonchev–Trinajstić information content (AvgIpc) is 3.26. The first-order valence-electron chi connectivity index (χ1n) is 12.7. The van der Waals surface area contributed by atoms with Crippen molar-refractivity contribution >= 4 is 28.7 Å². The second kappa shape index (κ2) is 10.4. The van der Waals surface area contributed by atoms with Crippen molar-refractivity contribution < 1.29 is 13.6 Å². The summed E-state index contributed by atoms with van der Waals surface area (Å²) in [5.74, 6) is -0.306. The van der Waals surface area contributed by atoms with Crippen molar-refractivity contribution in [1.82, 2.24) is 34.3 Å². The van der Waals surface area contributed by atoms with E-state index in [-0.39, 0.29) is 34.7 Å². The molecule has 9 nitrogen and oxygen atoms in total. The summed E-state index contributed by atoms with van der Waals surface area (Å²) in [5, 5.41) is 2.95. The molecule has 1 amide bonds. The molecule has 3 aromatic heterocycles. The first kappa shape index (κ1) is 25.7. The number of anilines is 2. The van der Waals surface area contributed by atoms with Crippen LogP contribution in [0.5, 0.6) is 0 Å². The maximum Gasteiger partial charge on any atom is 0.272 e. The number of amides is 1. The summed E-state index contributed by atoms with van der Waals surface area (Å²) in [5.41, 5.74) is 1.30.